The van der Waals surface area contributed by atoms with Gasteiger partial charge in [0.05, 0.1) is 18.5 Å². The van der Waals surface area contributed by atoms with E-state index in [4.69, 9.17) is 4.74 Å². The Morgan fingerprint density at radius 3 is 2.59 bits per heavy atom. The Balaban J connectivity index is 2.07. The van der Waals surface area contributed by atoms with E-state index in [1.807, 2.05) is 24.3 Å². The summed E-state index contributed by atoms with van der Waals surface area (Å²) in [5.74, 6) is 0.0943. The number of nitrogens with one attached hydrogen (secondary N) is 1. The fourth-order valence-electron chi connectivity index (χ4n) is 1.91. The molecule has 17 heavy (non-hydrogen) atoms. The molecule has 1 saturated heterocycles. The molecule has 0 bridgehead atoms. The molecule has 1 aromatic rings. The van der Waals surface area contributed by atoms with E-state index in [1.165, 1.54) is 6.26 Å². The largest absolute Gasteiger partial charge is 0.371 e. The van der Waals surface area contributed by atoms with Gasteiger partial charge in [-0.25, -0.2) is 8.42 Å². The zero-order valence-corrected chi connectivity index (χ0v) is 10.7. The van der Waals surface area contributed by atoms with Gasteiger partial charge in [-0.3, -0.25) is 0 Å². The van der Waals surface area contributed by atoms with E-state index in [0.29, 0.717) is 0 Å². The van der Waals surface area contributed by atoms with Gasteiger partial charge in [-0.2, -0.15) is 0 Å². The Labute approximate surface area is 102 Å². The third-order valence-electron chi connectivity index (χ3n) is 2.71. The van der Waals surface area contributed by atoms with E-state index in [2.05, 4.69) is 5.32 Å². The third kappa shape index (κ3) is 3.80. The molecule has 1 aliphatic heterocycles. The van der Waals surface area contributed by atoms with Crippen LogP contribution in [0.2, 0.25) is 0 Å². The Hall–Kier alpha value is -0.910. The zero-order valence-electron chi connectivity index (χ0n) is 9.85. The predicted octanol–water partition coefficient (Wildman–Crippen LogP) is 0.892. The first kappa shape index (κ1) is 12.5. The summed E-state index contributed by atoms with van der Waals surface area (Å²) in [5.41, 5.74) is 1.91. The predicted molar refractivity (Wildman–Crippen MR) is 66.6 cm³/mol. The van der Waals surface area contributed by atoms with Crippen LogP contribution >= 0.6 is 0 Å². The van der Waals surface area contributed by atoms with Crippen molar-refractivity contribution in [2.75, 3.05) is 26.0 Å². The maximum atomic E-state index is 11.2. The van der Waals surface area contributed by atoms with E-state index in [1.54, 1.807) is 0 Å². The number of hydrogen-bond acceptors (Lipinski definition) is 4. The van der Waals surface area contributed by atoms with Gasteiger partial charge in [-0.1, -0.05) is 24.3 Å². The van der Waals surface area contributed by atoms with Crippen molar-refractivity contribution in [3.8, 4) is 0 Å². The van der Waals surface area contributed by atoms with Crippen molar-refractivity contribution in [1.82, 2.24) is 5.32 Å². The molecule has 1 heterocycles. The summed E-state index contributed by atoms with van der Waals surface area (Å²) in [6.07, 6.45) is 1.32. The molecule has 0 spiro atoms. The van der Waals surface area contributed by atoms with Crippen molar-refractivity contribution < 1.29 is 13.2 Å². The molecule has 0 amide bonds. The van der Waals surface area contributed by atoms with E-state index >= 15 is 0 Å². The van der Waals surface area contributed by atoms with Crippen LogP contribution in [-0.2, 0) is 20.3 Å². The van der Waals surface area contributed by atoms with Gasteiger partial charge in [0.15, 0.2) is 9.84 Å². The minimum absolute atomic E-state index is 0.0797. The van der Waals surface area contributed by atoms with Gasteiger partial charge in [0, 0.05) is 19.3 Å². The molecule has 5 heteroatoms. The second-order valence-corrected chi connectivity index (χ2v) is 6.52. The monoisotopic (exact) mass is 255 g/mol. The second kappa shape index (κ2) is 5.16. The van der Waals surface area contributed by atoms with Crippen molar-refractivity contribution >= 4 is 9.84 Å². The standard InChI is InChI=1S/C12H17NO3S/c1-17(14,15)9-10-2-4-11(5-3-10)12-8-13-6-7-16-12/h2-5,12-13H,6-9H2,1H3. The molecule has 1 atom stereocenters. The molecule has 2 rings (SSSR count). The van der Waals surface area contributed by atoms with Crippen LogP contribution in [0.4, 0.5) is 0 Å². The molecular formula is C12H17NO3S. The van der Waals surface area contributed by atoms with Crippen molar-refractivity contribution in [2.45, 2.75) is 11.9 Å². The first-order valence-electron chi connectivity index (χ1n) is 5.63. The lowest BCUT2D eigenvalue weighted by atomic mass is 10.1. The zero-order chi connectivity index (χ0) is 12.3. The average Bonchev–Trinajstić information content (AvgIpc) is 2.29. The van der Waals surface area contributed by atoms with E-state index in [0.717, 1.165) is 30.8 Å². The molecule has 1 aliphatic rings. The Morgan fingerprint density at radius 2 is 2.06 bits per heavy atom. The molecule has 4 nitrogen and oxygen atoms in total. The van der Waals surface area contributed by atoms with Crippen LogP contribution in [0.25, 0.3) is 0 Å². The number of morpholine rings is 1. The van der Waals surface area contributed by atoms with E-state index in [9.17, 15) is 8.42 Å². The summed E-state index contributed by atoms with van der Waals surface area (Å²) in [6.45, 7) is 2.42. The van der Waals surface area contributed by atoms with Crippen LogP contribution in [0.1, 0.15) is 17.2 Å². The molecule has 1 aromatic carbocycles. The highest BCUT2D eigenvalue weighted by atomic mass is 32.2. The summed E-state index contributed by atoms with van der Waals surface area (Å²) in [7, 11) is -2.96. The van der Waals surface area contributed by atoms with Gasteiger partial charge in [0.25, 0.3) is 0 Å². The fraction of sp³-hybridized carbons (Fsp3) is 0.500. The minimum Gasteiger partial charge on any atom is -0.371 e. The molecule has 1 unspecified atom stereocenters. The minimum atomic E-state index is -2.96. The lowest BCUT2D eigenvalue weighted by Crippen LogP contribution is -2.33. The second-order valence-electron chi connectivity index (χ2n) is 4.38. The maximum Gasteiger partial charge on any atom is 0.151 e. The van der Waals surface area contributed by atoms with Crippen molar-refractivity contribution in [3.63, 3.8) is 0 Å². The number of rotatable bonds is 3. The van der Waals surface area contributed by atoms with Crippen LogP contribution in [-0.4, -0.2) is 34.4 Å². The molecule has 0 aliphatic carbocycles. The van der Waals surface area contributed by atoms with Gasteiger partial charge in [0.1, 0.15) is 0 Å². The summed E-state index contributed by atoms with van der Waals surface area (Å²) < 4.78 is 27.9. The first-order chi connectivity index (χ1) is 8.04. The molecule has 0 radical (unpaired) electrons. The van der Waals surface area contributed by atoms with Crippen molar-refractivity contribution in [3.05, 3.63) is 35.4 Å². The van der Waals surface area contributed by atoms with Gasteiger partial charge < -0.3 is 10.1 Å². The average molecular weight is 255 g/mol. The summed E-state index contributed by atoms with van der Waals surface area (Å²) in [4.78, 5) is 0. The van der Waals surface area contributed by atoms with Crippen LogP contribution in [0.3, 0.4) is 0 Å². The fourth-order valence-corrected chi connectivity index (χ4v) is 2.71. The molecule has 1 fully saturated rings. The summed E-state index contributed by atoms with van der Waals surface area (Å²) in [5, 5.41) is 3.27. The van der Waals surface area contributed by atoms with Crippen LogP contribution in [0.15, 0.2) is 24.3 Å². The molecule has 0 saturated carbocycles. The van der Waals surface area contributed by atoms with Gasteiger partial charge in [-0.15, -0.1) is 0 Å². The number of sulfone groups is 1. The van der Waals surface area contributed by atoms with Gasteiger partial charge >= 0.3 is 0 Å². The third-order valence-corrected chi connectivity index (χ3v) is 3.57. The number of hydrogen-bond donors (Lipinski definition) is 1. The summed E-state index contributed by atoms with van der Waals surface area (Å²) in [6, 6.07) is 7.60. The normalized spacial score (nSPS) is 21.4. The first-order valence-corrected chi connectivity index (χ1v) is 7.69. The lowest BCUT2D eigenvalue weighted by Gasteiger charge is -2.24. The SMILES string of the molecule is CS(=O)(=O)Cc1ccc(C2CNCCO2)cc1. The van der Waals surface area contributed by atoms with Crippen molar-refractivity contribution in [2.24, 2.45) is 0 Å². The van der Waals surface area contributed by atoms with E-state index < -0.39 is 9.84 Å². The van der Waals surface area contributed by atoms with E-state index in [-0.39, 0.29) is 11.9 Å². The highest BCUT2D eigenvalue weighted by Crippen LogP contribution is 2.19. The van der Waals surface area contributed by atoms with Gasteiger partial charge in [0.2, 0.25) is 0 Å². The molecular weight excluding hydrogens is 238 g/mol. The smallest absolute Gasteiger partial charge is 0.151 e. The lowest BCUT2D eigenvalue weighted by molar-refractivity contribution is 0.0277. The quantitative estimate of drug-likeness (QED) is 0.871. The Morgan fingerprint density at radius 1 is 1.35 bits per heavy atom. The Bertz CT molecular complexity index is 461. The molecule has 94 valence electrons. The Kier molecular flexibility index (Phi) is 3.81. The van der Waals surface area contributed by atoms with Crippen LogP contribution in [0, 0.1) is 0 Å². The highest BCUT2D eigenvalue weighted by molar-refractivity contribution is 7.89. The van der Waals surface area contributed by atoms with Crippen LogP contribution < -0.4 is 5.32 Å². The number of benzene rings is 1. The van der Waals surface area contributed by atoms with Crippen molar-refractivity contribution in [1.29, 1.82) is 0 Å². The van der Waals surface area contributed by atoms with Crippen LogP contribution in [0.5, 0.6) is 0 Å². The summed E-state index contributed by atoms with van der Waals surface area (Å²) >= 11 is 0. The molecule has 1 N–H and O–H groups in total. The topological polar surface area (TPSA) is 55.4 Å². The highest BCUT2D eigenvalue weighted by Gasteiger charge is 2.15. The maximum absolute atomic E-state index is 11.2. The molecule has 0 aromatic heterocycles. The van der Waals surface area contributed by atoms with Gasteiger partial charge in [-0.05, 0) is 11.1 Å². The number of ether oxygens (including phenoxy) is 1.